The highest BCUT2D eigenvalue weighted by Crippen LogP contribution is 2.11. The third-order valence-electron chi connectivity index (χ3n) is 2.14. The Morgan fingerprint density at radius 3 is 2.44 bits per heavy atom. The normalized spacial score (nSPS) is 12.9. The van der Waals surface area contributed by atoms with Crippen LogP contribution in [-0.4, -0.2) is 22.8 Å². The minimum Gasteiger partial charge on any atom is -0.508 e. The lowest BCUT2D eigenvalue weighted by Crippen LogP contribution is -2.38. The third kappa shape index (κ3) is 5.57. The summed E-state index contributed by atoms with van der Waals surface area (Å²) in [6, 6.07) is 6.53. The van der Waals surface area contributed by atoms with E-state index in [9.17, 15) is 4.79 Å². The molecule has 0 saturated carbocycles. The molecule has 0 heterocycles. The highest BCUT2D eigenvalue weighted by molar-refractivity contribution is 5.68. The summed E-state index contributed by atoms with van der Waals surface area (Å²) in [5.74, 6) is 0.222. The molecule has 4 nitrogen and oxygen atoms in total. The maximum atomic E-state index is 11.5. The number of carbonyl (C=O) groups is 1. The molecule has 0 aliphatic carbocycles. The number of ether oxygens (including phenoxy) is 1. The second kappa shape index (κ2) is 5.76. The van der Waals surface area contributed by atoms with Crippen molar-refractivity contribution in [2.45, 2.75) is 38.8 Å². The Bertz CT molecular complexity index is 392. The summed E-state index contributed by atoms with van der Waals surface area (Å²) < 4.78 is 5.14. The summed E-state index contributed by atoms with van der Waals surface area (Å²) in [6.45, 7) is 9.28. The summed E-state index contributed by atoms with van der Waals surface area (Å²) in [7, 11) is 0. The fraction of sp³-hybridized carbons (Fsp3) is 0.429. The molecule has 1 rings (SSSR count). The number of amides is 1. The number of benzene rings is 1. The van der Waals surface area contributed by atoms with Crippen LogP contribution >= 0.6 is 0 Å². The maximum Gasteiger partial charge on any atom is 0.407 e. The van der Waals surface area contributed by atoms with Crippen molar-refractivity contribution >= 4 is 6.09 Å². The predicted octanol–water partition coefficient (Wildman–Crippen LogP) is 2.66. The van der Waals surface area contributed by atoms with E-state index in [1.54, 1.807) is 24.3 Å². The van der Waals surface area contributed by atoms with Gasteiger partial charge >= 0.3 is 6.09 Å². The first kappa shape index (κ1) is 14.4. The minimum atomic E-state index is -0.512. The number of nitrogens with one attached hydrogen (secondary N) is 1. The summed E-state index contributed by atoms with van der Waals surface area (Å²) in [6.07, 6.45) is 0.112. The number of phenols is 1. The van der Waals surface area contributed by atoms with Crippen molar-refractivity contribution in [3.8, 4) is 5.75 Å². The number of aromatic hydroxyl groups is 1. The van der Waals surface area contributed by atoms with E-state index in [0.717, 1.165) is 5.56 Å². The molecule has 0 saturated heterocycles. The number of alkyl carbamates (subject to hydrolysis) is 1. The SMILES string of the molecule is [CH2]C(Cc1ccc(O)cc1)NC(=O)OC(C)(C)C. The van der Waals surface area contributed by atoms with Crippen LogP contribution in [0.15, 0.2) is 24.3 Å². The largest absolute Gasteiger partial charge is 0.508 e. The smallest absolute Gasteiger partial charge is 0.407 e. The molecule has 1 aromatic rings. The van der Waals surface area contributed by atoms with Gasteiger partial charge < -0.3 is 15.2 Å². The van der Waals surface area contributed by atoms with Crippen molar-refractivity contribution in [2.24, 2.45) is 0 Å². The van der Waals surface area contributed by atoms with Crippen molar-refractivity contribution in [3.05, 3.63) is 36.8 Å². The van der Waals surface area contributed by atoms with E-state index in [1.807, 2.05) is 20.8 Å². The quantitative estimate of drug-likeness (QED) is 0.867. The maximum absolute atomic E-state index is 11.5. The fourth-order valence-electron chi connectivity index (χ4n) is 1.44. The zero-order valence-corrected chi connectivity index (χ0v) is 11.1. The molecule has 0 fully saturated rings. The molecule has 0 aliphatic heterocycles. The first-order valence-electron chi connectivity index (χ1n) is 5.87. The molecular formula is C14H20NO3. The Morgan fingerprint density at radius 2 is 1.94 bits per heavy atom. The Morgan fingerprint density at radius 1 is 1.39 bits per heavy atom. The van der Waals surface area contributed by atoms with Gasteiger partial charge in [0.25, 0.3) is 0 Å². The second-order valence-electron chi connectivity index (χ2n) is 5.21. The Labute approximate surface area is 108 Å². The van der Waals surface area contributed by atoms with Gasteiger partial charge in [-0.15, -0.1) is 0 Å². The third-order valence-corrected chi connectivity index (χ3v) is 2.14. The summed E-state index contributed by atoms with van der Waals surface area (Å²) >= 11 is 0. The average molecular weight is 250 g/mol. The fourth-order valence-corrected chi connectivity index (χ4v) is 1.44. The van der Waals surface area contributed by atoms with Gasteiger partial charge in [0.2, 0.25) is 0 Å². The van der Waals surface area contributed by atoms with Gasteiger partial charge in [0.1, 0.15) is 11.4 Å². The molecule has 0 bridgehead atoms. The topological polar surface area (TPSA) is 58.6 Å². The van der Waals surface area contributed by atoms with Crippen LogP contribution in [0.25, 0.3) is 0 Å². The number of hydrogen-bond donors (Lipinski definition) is 2. The Hall–Kier alpha value is -1.71. The van der Waals surface area contributed by atoms with Crippen molar-refractivity contribution < 1.29 is 14.6 Å². The van der Waals surface area contributed by atoms with Crippen molar-refractivity contribution in [1.82, 2.24) is 5.32 Å². The minimum absolute atomic E-state index is 0.222. The van der Waals surface area contributed by atoms with E-state index in [1.165, 1.54) is 0 Å². The molecular weight excluding hydrogens is 230 g/mol. The predicted molar refractivity (Wildman–Crippen MR) is 70.3 cm³/mol. The number of hydrogen-bond acceptors (Lipinski definition) is 3. The van der Waals surface area contributed by atoms with Crippen molar-refractivity contribution in [3.63, 3.8) is 0 Å². The monoisotopic (exact) mass is 250 g/mol. The van der Waals surface area contributed by atoms with Gasteiger partial charge in [0.05, 0.1) is 0 Å². The van der Waals surface area contributed by atoms with Crippen LogP contribution in [0, 0.1) is 6.92 Å². The standard InChI is InChI=1S/C14H20NO3/c1-10(15-13(17)18-14(2,3)4)9-11-5-7-12(16)8-6-11/h5-8,10,16H,1,9H2,2-4H3,(H,15,17). The first-order chi connectivity index (χ1) is 8.26. The summed E-state index contributed by atoms with van der Waals surface area (Å²) in [5.41, 5.74) is 0.478. The molecule has 1 atom stereocenters. The lowest BCUT2D eigenvalue weighted by atomic mass is 10.1. The van der Waals surface area contributed by atoms with Gasteiger partial charge in [-0.25, -0.2) is 4.79 Å². The van der Waals surface area contributed by atoms with Crippen LogP contribution in [0.2, 0.25) is 0 Å². The van der Waals surface area contributed by atoms with Gasteiger partial charge in [0, 0.05) is 6.04 Å². The molecule has 4 heteroatoms. The van der Waals surface area contributed by atoms with Crippen LogP contribution in [0.3, 0.4) is 0 Å². The molecule has 1 radical (unpaired) electrons. The second-order valence-corrected chi connectivity index (χ2v) is 5.21. The van der Waals surface area contributed by atoms with Gasteiger partial charge in [-0.05, 0) is 51.8 Å². The lowest BCUT2D eigenvalue weighted by Gasteiger charge is -2.22. The van der Waals surface area contributed by atoms with Crippen molar-refractivity contribution in [1.29, 1.82) is 0 Å². The van der Waals surface area contributed by atoms with Crippen LogP contribution in [-0.2, 0) is 11.2 Å². The highest BCUT2D eigenvalue weighted by atomic mass is 16.6. The first-order valence-corrected chi connectivity index (χ1v) is 5.87. The van der Waals surface area contributed by atoms with E-state index >= 15 is 0 Å². The van der Waals surface area contributed by atoms with Gasteiger partial charge in [0.15, 0.2) is 0 Å². The van der Waals surface area contributed by atoms with E-state index in [-0.39, 0.29) is 11.8 Å². The van der Waals surface area contributed by atoms with E-state index in [4.69, 9.17) is 9.84 Å². The van der Waals surface area contributed by atoms with E-state index in [0.29, 0.717) is 6.42 Å². The van der Waals surface area contributed by atoms with Gasteiger partial charge in [-0.3, -0.25) is 0 Å². The number of phenolic OH excluding ortho intramolecular Hbond substituents is 1. The van der Waals surface area contributed by atoms with Crippen LogP contribution in [0.5, 0.6) is 5.75 Å². The highest BCUT2D eigenvalue weighted by Gasteiger charge is 2.17. The molecule has 2 N–H and O–H groups in total. The molecule has 1 aromatic carbocycles. The van der Waals surface area contributed by atoms with Gasteiger partial charge in [-0.1, -0.05) is 12.1 Å². The molecule has 0 aromatic heterocycles. The van der Waals surface area contributed by atoms with Crippen molar-refractivity contribution in [2.75, 3.05) is 0 Å². The number of carbonyl (C=O) groups excluding carboxylic acids is 1. The molecule has 18 heavy (non-hydrogen) atoms. The lowest BCUT2D eigenvalue weighted by molar-refractivity contribution is 0.0514. The van der Waals surface area contributed by atoms with Crippen LogP contribution in [0.4, 0.5) is 4.79 Å². The van der Waals surface area contributed by atoms with E-state index < -0.39 is 11.7 Å². The summed E-state index contributed by atoms with van der Waals surface area (Å²) in [4.78, 5) is 11.5. The van der Waals surface area contributed by atoms with Gasteiger partial charge in [-0.2, -0.15) is 0 Å². The molecule has 1 amide bonds. The van der Waals surface area contributed by atoms with Crippen LogP contribution < -0.4 is 5.32 Å². The number of rotatable bonds is 3. The molecule has 0 spiro atoms. The molecule has 1 unspecified atom stereocenters. The molecule has 0 aliphatic rings. The Kier molecular flexibility index (Phi) is 4.59. The van der Waals surface area contributed by atoms with Crippen LogP contribution in [0.1, 0.15) is 26.3 Å². The molecule has 99 valence electrons. The zero-order chi connectivity index (χ0) is 13.8. The van der Waals surface area contributed by atoms with E-state index in [2.05, 4.69) is 12.2 Å². The summed E-state index contributed by atoms with van der Waals surface area (Å²) in [5, 5.41) is 11.8. The Balaban J connectivity index is 2.44. The zero-order valence-electron chi connectivity index (χ0n) is 11.1. The average Bonchev–Trinajstić information content (AvgIpc) is 2.18.